The summed E-state index contributed by atoms with van der Waals surface area (Å²) in [5.74, 6) is -0.450. The van der Waals surface area contributed by atoms with Crippen LogP contribution in [0.15, 0.2) is 0 Å². The number of hydrogen-bond acceptors (Lipinski definition) is 4. The molecule has 0 bridgehead atoms. The summed E-state index contributed by atoms with van der Waals surface area (Å²) in [5, 5.41) is 9.03. The second kappa shape index (κ2) is 8.51. The zero-order chi connectivity index (χ0) is 14.3. The third kappa shape index (κ3) is 6.89. The molecular formula is C14H28N2O3. The van der Waals surface area contributed by atoms with E-state index in [4.69, 9.17) is 9.84 Å². The Morgan fingerprint density at radius 3 is 2.42 bits per heavy atom. The van der Waals surface area contributed by atoms with Gasteiger partial charge in [0.05, 0.1) is 19.1 Å². The highest BCUT2D eigenvalue weighted by Gasteiger charge is 2.18. The maximum absolute atomic E-state index is 11.0. The summed E-state index contributed by atoms with van der Waals surface area (Å²) in [4.78, 5) is 15.6. The molecule has 1 heterocycles. The van der Waals surface area contributed by atoms with E-state index in [0.29, 0.717) is 12.5 Å². The van der Waals surface area contributed by atoms with Crippen LogP contribution in [-0.2, 0) is 9.53 Å². The van der Waals surface area contributed by atoms with Crippen LogP contribution >= 0.6 is 0 Å². The standard InChI is InChI=1S/C14H28N2O3/c1-12(2)10-16(11-13(3)14(17)18)5-4-15-6-8-19-9-7-15/h12-13H,4-11H2,1-3H3,(H,17,18). The van der Waals surface area contributed by atoms with Crippen molar-refractivity contribution in [3.63, 3.8) is 0 Å². The van der Waals surface area contributed by atoms with Crippen molar-refractivity contribution in [2.75, 3.05) is 52.5 Å². The summed E-state index contributed by atoms with van der Waals surface area (Å²) in [6.45, 7) is 13.3. The molecule has 1 saturated heterocycles. The normalized spacial score (nSPS) is 19.0. The maximum Gasteiger partial charge on any atom is 0.307 e. The number of nitrogens with zero attached hydrogens (tertiary/aromatic N) is 2. The molecule has 0 saturated carbocycles. The van der Waals surface area contributed by atoms with Crippen LogP contribution in [0.25, 0.3) is 0 Å². The van der Waals surface area contributed by atoms with Crippen molar-refractivity contribution in [1.29, 1.82) is 0 Å². The molecule has 1 aliphatic rings. The molecule has 0 amide bonds. The van der Waals surface area contributed by atoms with Gasteiger partial charge in [-0.25, -0.2) is 0 Å². The number of carboxylic acids is 1. The Kier molecular flexibility index (Phi) is 7.34. The quantitative estimate of drug-likeness (QED) is 0.714. The van der Waals surface area contributed by atoms with E-state index in [1.54, 1.807) is 6.92 Å². The first-order chi connectivity index (χ1) is 8.99. The fourth-order valence-corrected chi connectivity index (χ4v) is 2.35. The van der Waals surface area contributed by atoms with Gasteiger partial charge in [0.1, 0.15) is 0 Å². The second-order valence-electron chi connectivity index (χ2n) is 5.85. The number of hydrogen-bond donors (Lipinski definition) is 1. The Balaban J connectivity index is 2.37. The van der Waals surface area contributed by atoms with Crippen molar-refractivity contribution in [1.82, 2.24) is 9.80 Å². The van der Waals surface area contributed by atoms with E-state index in [1.807, 2.05) is 0 Å². The molecule has 1 N–H and O–H groups in total. The largest absolute Gasteiger partial charge is 0.481 e. The molecule has 1 rings (SSSR count). The third-order valence-electron chi connectivity index (χ3n) is 3.41. The minimum atomic E-state index is -0.708. The Morgan fingerprint density at radius 1 is 1.26 bits per heavy atom. The smallest absolute Gasteiger partial charge is 0.307 e. The molecule has 0 aromatic rings. The molecule has 0 aromatic carbocycles. The zero-order valence-electron chi connectivity index (χ0n) is 12.5. The number of morpholine rings is 1. The summed E-state index contributed by atoms with van der Waals surface area (Å²) in [5.41, 5.74) is 0. The summed E-state index contributed by atoms with van der Waals surface area (Å²) in [6, 6.07) is 0. The molecule has 0 spiro atoms. The van der Waals surface area contributed by atoms with Crippen molar-refractivity contribution in [2.24, 2.45) is 11.8 Å². The molecule has 5 heteroatoms. The predicted octanol–water partition coefficient (Wildman–Crippen LogP) is 0.997. The predicted molar refractivity (Wildman–Crippen MR) is 75.3 cm³/mol. The van der Waals surface area contributed by atoms with Gasteiger partial charge in [-0.1, -0.05) is 20.8 Å². The van der Waals surface area contributed by atoms with Gasteiger partial charge < -0.3 is 14.7 Å². The SMILES string of the molecule is CC(C)CN(CCN1CCOCC1)CC(C)C(=O)O. The number of aliphatic carboxylic acids is 1. The highest BCUT2D eigenvalue weighted by Crippen LogP contribution is 2.06. The molecule has 19 heavy (non-hydrogen) atoms. The highest BCUT2D eigenvalue weighted by molar-refractivity contribution is 5.69. The van der Waals surface area contributed by atoms with E-state index in [1.165, 1.54) is 0 Å². The molecule has 0 radical (unpaired) electrons. The van der Waals surface area contributed by atoms with Crippen molar-refractivity contribution in [3.8, 4) is 0 Å². The van der Waals surface area contributed by atoms with Gasteiger partial charge in [0.15, 0.2) is 0 Å². The first-order valence-electron chi connectivity index (χ1n) is 7.24. The van der Waals surface area contributed by atoms with Crippen molar-refractivity contribution < 1.29 is 14.6 Å². The van der Waals surface area contributed by atoms with Crippen LogP contribution < -0.4 is 0 Å². The molecular weight excluding hydrogens is 244 g/mol. The van der Waals surface area contributed by atoms with Gasteiger partial charge in [0, 0.05) is 39.3 Å². The molecule has 1 fully saturated rings. The van der Waals surface area contributed by atoms with E-state index in [9.17, 15) is 4.79 Å². The van der Waals surface area contributed by atoms with E-state index in [-0.39, 0.29) is 5.92 Å². The zero-order valence-corrected chi connectivity index (χ0v) is 12.5. The monoisotopic (exact) mass is 272 g/mol. The molecule has 0 aliphatic carbocycles. The van der Waals surface area contributed by atoms with E-state index in [2.05, 4.69) is 23.6 Å². The lowest BCUT2D eigenvalue weighted by atomic mass is 10.1. The van der Waals surface area contributed by atoms with Gasteiger partial charge in [-0.15, -0.1) is 0 Å². The minimum Gasteiger partial charge on any atom is -0.481 e. The Bertz CT molecular complexity index is 265. The van der Waals surface area contributed by atoms with Gasteiger partial charge in [-0.05, 0) is 5.92 Å². The van der Waals surface area contributed by atoms with Crippen molar-refractivity contribution >= 4 is 5.97 Å². The molecule has 1 aliphatic heterocycles. The molecule has 1 unspecified atom stereocenters. The van der Waals surface area contributed by atoms with Crippen LogP contribution in [0.1, 0.15) is 20.8 Å². The van der Waals surface area contributed by atoms with Crippen LogP contribution in [0.3, 0.4) is 0 Å². The highest BCUT2D eigenvalue weighted by atomic mass is 16.5. The Hall–Kier alpha value is -0.650. The molecule has 1 atom stereocenters. The molecule has 5 nitrogen and oxygen atoms in total. The molecule has 0 aromatic heterocycles. The van der Waals surface area contributed by atoms with Crippen molar-refractivity contribution in [3.05, 3.63) is 0 Å². The lowest BCUT2D eigenvalue weighted by Gasteiger charge is -2.31. The lowest BCUT2D eigenvalue weighted by molar-refractivity contribution is -0.141. The Labute approximate surface area is 116 Å². The average Bonchev–Trinajstić information content (AvgIpc) is 2.36. The number of carboxylic acid groups (broad SMARTS) is 1. The lowest BCUT2D eigenvalue weighted by Crippen LogP contribution is -2.43. The fourth-order valence-electron chi connectivity index (χ4n) is 2.35. The minimum absolute atomic E-state index is 0.302. The number of rotatable bonds is 8. The van der Waals surface area contributed by atoms with E-state index < -0.39 is 5.97 Å². The summed E-state index contributed by atoms with van der Waals surface area (Å²) in [6.07, 6.45) is 0. The van der Waals surface area contributed by atoms with Gasteiger partial charge >= 0.3 is 5.97 Å². The van der Waals surface area contributed by atoms with Crippen LogP contribution in [-0.4, -0.2) is 73.4 Å². The van der Waals surface area contributed by atoms with Crippen molar-refractivity contribution in [2.45, 2.75) is 20.8 Å². The topological polar surface area (TPSA) is 53.0 Å². The fraction of sp³-hybridized carbons (Fsp3) is 0.929. The van der Waals surface area contributed by atoms with Gasteiger partial charge in [-0.2, -0.15) is 0 Å². The first-order valence-corrected chi connectivity index (χ1v) is 7.24. The van der Waals surface area contributed by atoms with Crippen LogP contribution in [0.4, 0.5) is 0 Å². The number of carbonyl (C=O) groups is 1. The summed E-state index contributed by atoms with van der Waals surface area (Å²) < 4.78 is 5.33. The van der Waals surface area contributed by atoms with Gasteiger partial charge in [0.2, 0.25) is 0 Å². The van der Waals surface area contributed by atoms with Crippen LogP contribution in [0.5, 0.6) is 0 Å². The maximum atomic E-state index is 11.0. The van der Waals surface area contributed by atoms with Gasteiger partial charge in [-0.3, -0.25) is 9.69 Å². The van der Waals surface area contributed by atoms with Crippen LogP contribution in [0, 0.1) is 11.8 Å². The Morgan fingerprint density at radius 2 is 1.89 bits per heavy atom. The van der Waals surface area contributed by atoms with E-state index >= 15 is 0 Å². The first kappa shape index (κ1) is 16.4. The van der Waals surface area contributed by atoms with E-state index in [0.717, 1.165) is 45.9 Å². The second-order valence-corrected chi connectivity index (χ2v) is 5.85. The van der Waals surface area contributed by atoms with Crippen LogP contribution in [0.2, 0.25) is 0 Å². The summed E-state index contributed by atoms with van der Waals surface area (Å²) >= 11 is 0. The van der Waals surface area contributed by atoms with Gasteiger partial charge in [0.25, 0.3) is 0 Å². The molecule has 112 valence electrons. The third-order valence-corrected chi connectivity index (χ3v) is 3.41. The average molecular weight is 272 g/mol. The number of ether oxygens (including phenoxy) is 1. The summed E-state index contributed by atoms with van der Waals surface area (Å²) in [7, 11) is 0.